The first-order chi connectivity index (χ1) is 14.3. The Hall–Kier alpha value is -3.12. The van der Waals surface area contributed by atoms with E-state index in [-0.39, 0.29) is 22.9 Å². The first-order valence-electron chi connectivity index (χ1n) is 9.23. The van der Waals surface area contributed by atoms with Crippen LogP contribution in [0.4, 0.5) is 13.2 Å². The normalized spacial score (nSPS) is 16.2. The number of hydrogen-bond donors (Lipinski definition) is 0. The molecule has 0 bridgehead atoms. The van der Waals surface area contributed by atoms with Gasteiger partial charge in [-0.1, -0.05) is 18.1 Å². The molecule has 9 heteroatoms. The summed E-state index contributed by atoms with van der Waals surface area (Å²) in [5.41, 5.74) is -0.596. The molecule has 30 heavy (non-hydrogen) atoms. The fraction of sp³-hybridized carbons (Fsp3) is 0.286. The zero-order valence-corrected chi connectivity index (χ0v) is 16.2. The molecular weight excluding hydrogens is 394 g/mol. The van der Waals surface area contributed by atoms with Gasteiger partial charge in [0.1, 0.15) is 0 Å². The first-order valence-corrected chi connectivity index (χ1v) is 9.23. The van der Waals surface area contributed by atoms with Crippen LogP contribution >= 0.6 is 0 Å². The molecule has 0 unspecified atom stereocenters. The molecule has 1 fully saturated rings. The minimum absolute atomic E-state index is 0.00966. The number of pyridine rings is 1. The number of amides is 1. The number of carbonyl (C=O) groups is 2. The summed E-state index contributed by atoms with van der Waals surface area (Å²) >= 11 is 0. The van der Waals surface area contributed by atoms with E-state index in [9.17, 15) is 22.8 Å². The highest BCUT2D eigenvalue weighted by molar-refractivity contribution is 6.64. The summed E-state index contributed by atoms with van der Waals surface area (Å²) in [5.74, 6) is 4.51. The first kappa shape index (κ1) is 21.6. The summed E-state index contributed by atoms with van der Waals surface area (Å²) in [4.78, 5) is 30.2. The minimum atomic E-state index is -4.59. The second-order valence-corrected chi connectivity index (χ2v) is 6.87. The van der Waals surface area contributed by atoms with Gasteiger partial charge in [-0.25, -0.2) is 0 Å². The van der Waals surface area contributed by atoms with Crippen molar-refractivity contribution in [3.63, 3.8) is 0 Å². The van der Waals surface area contributed by atoms with Gasteiger partial charge in [0.15, 0.2) is 0 Å². The summed E-state index contributed by atoms with van der Waals surface area (Å²) in [6, 6.07) is 8.44. The molecule has 1 aromatic carbocycles. The number of aromatic nitrogens is 1. The van der Waals surface area contributed by atoms with E-state index in [2.05, 4.69) is 16.8 Å². The maximum absolute atomic E-state index is 13.6. The quantitative estimate of drug-likeness (QED) is 0.440. The van der Waals surface area contributed by atoms with Crippen molar-refractivity contribution in [3.05, 3.63) is 53.7 Å². The third-order valence-electron chi connectivity index (χ3n) is 4.90. The number of rotatable bonds is 4. The van der Waals surface area contributed by atoms with Gasteiger partial charge in [0.2, 0.25) is 0 Å². The predicted octanol–water partition coefficient (Wildman–Crippen LogP) is 2.46. The van der Waals surface area contributed by atoms with Crippen molar-refractivity contribution >= 4 is 19.5 Å². The van der Waals surface area contributed by atoms with Crippen molar-refractivity contribution in [2.75, 3.05) is 20.1 Å². The third-order valence-corrected chi connectivity index (χ3v) is 4.90. The van der Waals surface area contributed by atoms with Gasteiger partial charge in [-0.15, -0.1) is 0 Å². The highest BCUT2D eigenvalue weighted by Gasteiger charge is 2.34. The standard InChI is InChI=1S/C21H18BF3N3O2/c1-27(22-14-29)16-9-11-28(13-16)20(30)8-6-15-5-7-17(18(12-15)21(23,24)25)19-4-2-3-10-26-19/h2-5,7,10,12,14,16H,9,11,13H2,1H3/t16-/m1/s1. The van der Waals surface area contributed by atoms with Crippen molar-refractivity contribution in [1.82, 2.24) is 14.7 Å². The summed E-state index contributed by atoms with van der Waals surface area (Å²) < 4.78 is 40.7. The van der Waals surface area contributed by atoms with E-state index in [1.807, 2.05) is 0 Å². The van der Waals surface area contributed by atoms with Crippen molar-refractivity contribution in [1.29, 1.82) is 0 Å². The van der Waals surface area contributed by atoms with Crippen LogP contribution in [0.15, 0.2) is 42.6 Å². The smallest absolute Gasteiger partial charge is 0.338 e. The number of nitrogens with zero attached hydrogens (tertiary/aromatic N) is 3. The summed E-state index contributed by atoms with van der Waals surface area (Å²) in [7, 11) is 3.15. The van der Waals surface area contributed by atoms with Gasteiger partial charge in [-0.2, -0.15) is 13.2 Å². The fourth-order valence-corrected chi connectivity index (χ4v) is 3.28. The molecule has 1 saturated heterocycles. The van der Waals surface area contributed by atoms with Crippen molar-refractivity contribution < 1.29 is 22.8 Å². The lowest BCUT2D eigenvalue weighted by Gasteiger charge is -2.21. The van der Waals surface area contributed by atoms with E-state index in [4.69, 9.17) is 0 Å². The van der Waals surface area contributed by atoms with E-state index < -0.39 is 17.6 Å². The molecule has 1 aliphatic rings. The average molecular weight is 412 g/mol. The Morgan fingerprint density at radius 3 is 2.80 bits per heavy atom. The Balaban J connectivity index is 1.79. The van der Waals surface area contributed by atoms with Gasteiger partial charge in [0.05, 0.1) is 17.4 Å². The Bertz CT molecular complexity index is 986. The van der Waals surface area contributed by atoms with E-state index in [0.717, 1.165) is 6.07 Å². The molecule has 1 amide bonds. The van der Waals surface area contributed by atoms with Crippen LogP contribution in [0.2, 0.25) is 0 Å². The lowest BCUT2D eigenvalue weighted by Crippen LogP contribution is -2.38. The molecule has 0 saturated carbocycles. The van der Waals surface area contributed by atoms with Crippen LogP contribution in [0.25, 0.3) is 11.3 Å². The van der Waals surface area contributed by atoms with Crippen LogP contribution in [0.1, 0.15) is 17.5 Å². The van der Waals surface area contributed by atoms with Crippen molar-refractivity contribution in [2.45, 2.75) is 18.6 Å². The third kappa shape index (κ3) is 5.08. The lowest BCUT2D eigenvalue weighted by molar-refractivity contribution is -0.137. The minimum Gasteiger partial charge on any atom is -0.338 e. The van der Waals surface area contributed by atoms with E-state index in [1.165, 1.54) is 36.7 Å². The van der Waals surface area contributed by atoms with Crippen LogP contribution in [0.5, 0.6) is 0 Å². The Labute approximate surface area is 173 Å². The van der Waals surface area contributed by atoms with Crippen LogP contribution in [0.3, 0.4) is 0 Å². The van der Waals surface area contributed by atoms with Gasteiger partial charge in [-0.05, 0) is 37.7 Å². The summed E-state index contributed by atoms with van der Waals surface area (Å²) in [6.45, 7) is 0.877. The number of benzene rings is 1. The molecule has 0 aliphatic carbocycles. The fourth-order valence-electron chi connectivity index (χ4n) is 3.28. The second kappa shape index (κ2) is 9.14. The van der Waals surface area contributed by atoms with Gasteiger partial charge in [0, 0.05) is 42.4 Å². The van der Waals surface area contributed by atoms with Gasteiger partial charge >= 0.3 is 6.18 Å². The molecule has 3 rings (SSSR count). The molecule has 1 radical (unpaired) electrons. The largest absolute Gasteiger partial charge is 0.417 e. The predicted molar refractivity (Wildman–Crippen MR) is 107 cm³/mol. The van der Waals surface area contributed by atoms with Gasteiger partial charge in [0.25, 0.3) is 13.3 Å². The summed E-state index contributed by atoms with van der Waals surface area (Å²) in [5, 5.41) is 0. The highest BCUT2D eigenvalue weighted by Crippen LogP contribution is 2.36. The molecule has 2 aromatic rings. The van der Waals surface area contributed by atoms with Crippen LogP contribution in [0, 0.1) is 11.8 Å². The summed E-state index contributed by atoms with van der Waals surface area (Å²) in [6.07, 6.45) is -1.80. The Morgan fingerprint density at radius 2 is 2.13 bits per heavy atom. The molecule has 2 heterocycles. The molecule has 1 atom stereocenters. The molecule has 153 valence electrons. The number of likely N-dealkylation sites (tertiary alicyclic amines) is 1. The number of halogens is 3. The monoisotopic (exact) mass is 412 g/mol. The maximum Gasteiger partial charge on any atom is 0.417 e. The number of likely N-dealkylation sites (N-methyl/N-ethyl adjacent to an activating group) is 1. The van der Waals surface area contributed by atoms with Crippen molar-refractivity contribution in [2.24, 2.45) is 0 Å². The zero-order valence-electron chi connectivity index (χ0n) is 16.2. The molecule has 1 aliphatic heterocycles. The molecular formula is C21H18BF3N3O2. The topological polar surface area (TPSA) is 53.5 Å². The number of alkyl halides is 3. The van der Waals surface area contributed by atoms with E-state index in [0.29, 0.717) is 25.7 Å². The molecule has 0 spiro atoms. The van der Waals surface area contributed by atoms with Gasteiger partial charge in [-0.3, -0.25) is 9.78 Å². The zero-order chi connectivity index (χ0) is 21.7. The Kier molecular flexibility index (Phi) is 6.58. The molecule has 0 N–H and O–H groups in total. The lowest BCUT2D eigenvalue weighted by atomic mass is 9.93. The number of hydrogen-bond acceptors (Lipinski definition) is 4. The van der Waals surface area contributed by atoms with Crippen molar-refractivity contribution in [3.8, 4) is 23.1 Å². The molecule has 1 aromatic heterocycles. The highest BCUT2D eigenvalue weighted by atomic mass is 19.4. The molecule has 5 nitrogen and oxygen atoms in total. The van der Waals surface area contributed by atoms with Crippen LogP contribution in [-0.4, -0.2) is 60.4 Å². The van der Waals surface area contributed by atoms with Crippen LogP contribution < -0.4 is 0 Å². The number of carbonyl (C=O) groups excluding carboxylic acids is 2. The second-order valence-electron chi connectivity index (χ2n) is 6.87. The van der Waals surface area contributed by atoms with Gasteiger partial charge < -0.3 is 14.5 Å². The Morgan fingerprint density at radius 1 is 1.33 bits per heavy atom. The SMILES string of the molecule is CN([B]C=O)[C@@H]1CCN(C(=O)C#Cc2ccc(-c3ccccn3)c(C(F)(F)F)c2)C1. The van der Waals surface area contributed by atoms with Crippen LogP contribution in [-0.2, 0) is 15.8 Å². The average Bonchev–Trinajstić information content (AvgIpc) is 3.22. The van der Waals surface area contributed by atoms with E-state index in [1.54, 1.807) is 24.0 Å². The maximum atomic E-state index is 13.6. The van der Waals surface area contributed by atoms with E-state index >= 15 is 0 Å².